The number of hydrogen-bond acceptors (Lipinski definition) is 2. The van der Waals surface area contributed by atoms with E-state index < -0.39 is 6.10 Å². The quantitative estimate of drug-likeness (QED) is 0.856. The average Bonchev–Trinajstić information content (AvgIpc) is 2.51. The van der Waals surface area contributed by atoms with Crippen LogP contribution in [0.3, 0.4) is 0 Å². The molecule has 0 saturated carbocycles. The molecule has 1 aliphatic rings. The Balaban J connectivity index is 2.30. The van der Waals surface area contributed by atoms with Crippen molar-refractivity contribution in [3.63, 3.8) is 0 Å². The molecule has 3 nitrogen and oxygen atoms in total. The molecule has 15 heavy (non-hydrogen) atoms. The van der Waals surface area contributed by atoms with Crippen LogP contribution in [0.1, 0.15) is 11.7 Å². The van der Waals surface area contributed by atoms with Crippen LogP contribution in [0, 0.1) is 0 Å². The molecule has 1 aromatic rings. The second-order valence-corrected chi connectivity index (χ2v) is 4.14. The lowest BCUT2D eigenvalue weighted by Gasteiger charge is -2.08. The highest BCUT2D eigenvalue weighted by atomic mass is 79.9. The van der Waals surface area contributed by atoms with Crippen molar-refractivity contribution in [1.29, 1.82) is 0 Å². The van der Waals surface area contributed by atoms with E-state index >= 15 is 0 Å². The lowest BCUT2D eigenvalue weighted by molar-refractivity contribution is -0.126. The molecular formula is C11H10BrNO2. The predicted molar refractivity (Wildman–Crippen MR) is 61.7 cm³/mol. The SMILES string of the molecule is C=CCOC1C(=O)Nc2ccc(Br)cc21. The average molecular weight is 268 g/mol. The van der Waals surface area contributed by atoms with Gasteiger partial charge in [0.1, 0.15) is 0 Å². The fraction of sp³-hybridized carbons (Fsp3) is 0.182. The molecule has 1 N–H and O–H groups in total. The van der Waals surface area contributed by atoms with Crippen LogP contribution in [-0.2, 0) is 9.53 Å². The van der Waals surface area contributed by atoms with E-state index in [0.29, 0.717) is 6.61 Å². The molecule has 2 rings (SSSR count). The lowest BCUT2D eigenvalue weighted by Crippen LogP contribution is -2.15. The zero-order valence-corrected chi connectivity index (χ0v) is 9.58. The van der Waals surface area contributed by atoms with Crippen molar-refractivity contribution in [2.24, 2.45) is 0 Å². The number of ether oxygens (including phenoxy) is 1. The van der Waals surface area contributed by atoms with Gasteiger partial charge in [-0.1, -0.05) is 22.0 Å². The molecule has 0 radical (unpaired) electrons. The van der Waals surface area contributed by atoms with Crippen molar-refractivity contribution in [1.82, 2.24) is 0 Å². The molecule has 1 aliphatic heterocycles. The molecule has 1 unspecified atom stereocenters. The van der Waals surface area contributed by atoms with E-state index in [0.717, 1.165) is 15.7 Å². The molecule has 0 spiro atoms. The van der Waals surface area contributed by atoms with Crippen LogP contribution in [-0.4, -0.2) is 12.5 Å². The van der Waals surface area contributed by atoms with Crippen LogP contribution >= 0.6 is 15.9 Å². The van der Waals surface area contributed by atoms with Gasteiger partial charge in [0.2, 0.25) is 0 Å². The first kappa shape index (κ1) is 10.4. The van der Waals surface area contributed by atoms with Crippen molar-refractivity contribution >= 4 is 27.5 Å². The summed E-state index contributed by atoms with van der Waals surface area (Å²) in [4.78, 5) is 11.6. The molecule has 1 atom stereocenters. The fourth-order valence-corrected chi connectivity index (χ4v) is 1.91. The summed E-state index contributed by atoms with van der Waals surface area (Å²) in [5.74, 6) is -0.120. The summed E-state index contributed by atoms with van der Waals surface area (Å²) < 4.78 is 6.33. The number of rotatable bonds is 3. The van der Waals surface area contributed by atoms with Crippen molar-refractivity contribution in [2.45, 2.75) is 6.10 Å². The van der Waals surface area contributed by atoms with E-state index in [1.165, 1.54) is 0 Å². The molecular weight excluding hydrogens is 258 g/mol. The van der Waals surface area contributed by atoms with E-state index in [9.17, 15) is 4.79 Å². The summed E-state index contributed by atoms with van der Waals surface area (Å²) in [5.41, 5.74) is 1.69. The molecule has 0 saturated heterocycles. The van der Waals surface area contributed by atoms with Gasteiger partial charge < -0.3 is 10.1 Å². The topological polar surface area (TPSA) is 38.3 Å². The molecule has 1 amide bonds. The highest BCUT2D eigenvalue weighted by Gasteiger charge is 2.30. The number of halogens is 1. The Morgan fingerprint density at radius 1 is 1.60 bits per heavy atom. The van der Waals surface area contributed by atoms with Gasteiger partial charge >= 0.3 is 0 Å². The molecule has 1 aromatic carbocycles. The van der Waals surface area contributed by atoms with E-state index in [-0.39, 0.29) is 5.91 Å². The van der Waals surface area contributed by atoms with Gasteiger partial charge in [-0.05, 0) is 18.2 Å². The van der Waals surface area contributed by atoms with Gasteiger partial charge in [-0.15, -0.1) is 6.58 Å². The minimum absolute atomic E-state index is 0.120. The fourth-order valence-electron chi connectivity index (χ4n) is 1.53. The highest BCUT2D eigenvalue weighted by molar-refractivity contribution is 9.10. The van der Waals surface area contributed by atoms with E-state index in [2.05, 4.69) is 27.8 Å². The first-order valence-corrected chi connectivity index (χ1v) is 5.34. The van der Waals surface area contributed by atoms with Crippen LogP contribution in [0.2, 0.25) is 0 Å². The largest absolute Gasteiger partial charge is 0.359 e. The van der Waals surface area contributed by atoms with Crippen molar-refractivity contribution < 1.29 is 9.53 Å². The molecule has 78 valence electrons. The van der Waals surface area contributed by atoms with Gasteiger partial charge in [0.05, 0.1) is 6.61 Å². The van der Waals surface area contributed by atoms with Crippen molar-refractivity contribution in [3.8, 4) is 0 Å². The Kier molecular flexibility index (Phi) is 2.88. The molecule has 0 aliphatic carbocycles. The number of carbonyl (C=O) groups is 1. The normalized spacial score (nSPS) is 18.5. The monoisotopic (exact) mass is 267 g/mol. The third-order valence-corrected chi connectivity index (χ3v) is 2.67. The number of hydrogen-bond donors (Lipinski definition) is 1. The van der Waals surface area contributed by atoms with Crippen LogP contribution in [0.4, 0.5) is 5.69 Å². The third-order valence-electron chi connectivity index (χ3n) is 2.17. The molecule has 1 heterocycles. The number of nitrogens with one attached hydrogen (secondary N) is 1. The molecule has 0 fully saturated rings. The van der Waals surface area contributed by atoms with Crippen LogP contribution in [0.5, 0.6) is 0 Å². The lowest BCUT2D eigenvalue weighted by atomic mass is 10.1. The summed E-state index contributed by atoms with van der Waals surface area (Å²) in [6.07, 6.45) is 1.11. The van der Waals surface area contributed by atoms with Crippen LogP contribution in [0.15, 0.2) is 35.3 Å². The maximum atomic E-state index is 11.6. The summed E-state index contributed by atoms with van der Waals surface area (Å²) in [6.45, 7) is 3.92. The van der Waals surface area contributed by atoms with Crippen LogP contribution in [0.25, 0.3) is 0 Å². The first-order chi connectivity index (χ1) is 7.22. The van der Waals surface area contributed by atoms with E-state index in [1.54, 1.807) is 6.08 Å². The van der Waals surface area contributed by atoms with E-state index in [4.69, 9.17) is 4.74 Å². The van der Waals surface area contributed by atoms with Gasteiger partial charge in [-0.3, -0.25) is 4.79 Å². The highest BCUT2D eigenvalue weighted by Crippen LogP contribution is 2.35. The molecule has 0 bridgehead atoms. The smallest absolute Gasteiger partial charge is 0.258 e. The van der Waals surface area contributed by atoms with Gasteiger partial charge in [0.25, 0.3) is 5.91 Å². The number of fused-ring (bicyclic) bond motifs is 1. The second-order valence-electron chi connectivity index (χ2n) is 3.22. The Morgan fingerprint density at radius 2 is 2.40 bits per heavy atom. The minimum Gasteiger partial charge on any atom is -0.359 e. The van der Waals surface area contributed by atoms with Gasteiger partial charge in [0.15, 0.2) is 6.10 Å². The predicted octanol–water partition coefficient (Wildman–Crippen LogP) is 2.64. The number of anilines is 1. The summed E-state index contributed by atoms with van der Waals surface area (Å²) in [5, 5.41) is 2.76. The standard InChI is InChI=1S/C11H10BrNO2/c1-2-5-15-10-8-6-7(12)3-4-9(8)13-11(10)14/h2-4,6,10H,1,5H2,(H,13,14). The Labute approximate surface area is 96.3 Å². The van der Waals surface area contributed by atoms with Gasteiger partial charge in [-0.25, -0.2) is 0 Å². The second kappa shape index (κ2) is 4.16. The van der Waals surface area contributed by atoms with Crippen molar-refractivity contribution in [2.75, 3.05) is 11.9 Å². The van der Waals surface area contributed by atoms with Crippen molar-refractivity contribution in [3.05, 3.63) is 40.9 Å². The van der Waals surface area contributed by atoms with Gasteiger partial charge in [-0.2, -0.15) is 0 Å². The number of carbonyl (C=O) groups excluding carboxylic acids is 1. The minimum atomic E-state index is -0.518. The van der Waals surface area contributed by atoms with E-state index in [1.807, 2.05) is 18.2 Å². The van der Waals surface area contributed by atoms with Gasteiger partial charge in [0, 0.05) is 15.7 Å². The maximum absolute atomic E-state index is 11.6. The zero-order valence-electron chi connectivity index (χ0n) is 8.00. The summed E-state index contributed by atoms with van der Waals surface area (Å²) in [7, 11) is 0. The Bertz CT molecular complexity index is 417. The Hall–Kier alpha value is -1.13. The Morgan fingerprint density at radius 3 is 3.13 bits per heavy atom. The maximum Gasteiger partial charge on any atom is 0.258 e. The molecule has 4 heteroatoms. The molecule has 0 aromatic heterocycles. The zero-order chi connectivity index (χ0) is 10.8. The summed E-state index contributed by atoms with van der Waals surface area (Å²) in [6, 6.07) is 5.63. The first-order valence-electron chi connectivity index (χ1n) is 4.55. The summed E-state index contributed by atoms with van der Waals surface area (Å²) >= 11 is 3.37. The number of amides is 1. The van der Waals surface area contributed by atoms with Crippen LogP contribution < -0.4 is 5.32 Å². The third kappa shape index (κ3) is 1.96. The number of benzene rings is 1.